The summed E-state index contributed by atoms with van der Waals surface area (Å²) in [6, 6.07) is 64.3. The van der Waals surface area contributed by atoms with Crippen molar-refractivity contribution in [1.29, 1.82) is 0 Å². The van der Waals surface area contributed by atoms with Gasteiger partial charge in [-0.15, -0.1) is 0 Å². The van der Waals surface area contributed by atoms with Gasteiger partial charge in [-0.2, -0.15) is 0 Å². The Hall–Kier alpha value is -10.3. The molecule has 4 fully saturated rings. The van der Waals surface area contributed by atoms with Gasteiger partial charge in [0.15, 0.2) is 61.8 Å². The highest BCUT2D eigenvalue weighted by Gasteiger charge is 2.61. The Bertz CT molecular complexity index is 4540. The average molecular weight is 1700 g/mol. The van der Waals surface area contributed by atoms with Crippen molar-refractivity contribution >= 4 is 51.4 Å². The SMILES string of the molecule is CCCCOCC1OC(OCCN(Cc2ccccc2)C(=O)OCc2ccccc2)C(OC(=O)c2ccccc2)C(OC(=O)c2ccccc2)C1OC1OC(CO)C(O)C(OC2OC(COCCCC)C(OC3OC(CO)C(O)C(OP)C3OC(=O)c3ccccc3)C(OC(=O)c3ccccc3)C2OC(=O)c2ccccc2)C1OC(=O)c1ccccc1. The molecule has 4 N–H and O–H groups in total. The van der Waals surface area contributed by atoms with E-state index in [1.54, 1.807) is 109 Å². The number of aliphatic hydroxyl groups excluding tert-OH is 4. The molecule has 0 spiro atoms. The van der Waals surface area contributed by atoms with Gasteiger partial charge in [-0.1, -0.05) is 197 Å². The zero-order valence-electron chi connectivity index (χ0n) is 67.1. The summed E-state index contributed by atoms with van der Waals surface area (Å²) in [5.41, 5.74) is 1.33. The maximum Gasteiger partial charge on any atom is 0.410 e. The van der Waals surface area contributed by atoms with Crippen LogP contribution in [-0.4, -0.2) is 243 Å². The van der Waals surface area contributed by atoms with E-state index in [1.807, 2.05) is 84.0 Å². The summed E-state index contributed by atoms with van der Waals surface area (Å²) in [4.78, 5) is 106. The summed E-state index contributed by atoms with van der Waals surface area (Å²) >= 11 is 0. The smallest absolute Gasteiger partial charge is 0.410 e. The molecule has 21 atom stereocenters. The minimum absolute atomic E-state index is 0.00126. The number of ether oxygens (including phenoxy) is 17. The highest BCUT2D eigenvalue weighted by atomic mass is 31.0. The summed E-state index contributed by atoms with van der Waals surface area (Å²) < 4.78 is 118. The molecule has 4 saturated heterocycles. The van der Waals surface area contributed by atoms with Crippen molar-refractivity contribution in [2.24, 2.45) is 0 Å². The molecule has 0 bridgehead atoms. The van der Waals surface area contributed by atoms with Crippen LogP contribution in [0.3, 0.4) is 0 Å². The number of benzene rings is 8. The first-order chi connectivity index (χ1) is 59.5. The molecule has 648 valence electrons. The van der Waals surface area contributed by atoms with Gasteiger partial charge in [0, 0.05) is 35.8 Å². The predicted molar refractivity (Wildman–Crippen MR) is 435 cm³/mol. The van der Waals surface area contributed by atoms with Crippen LogP contribution < -0.4 is 0 Å². The van der Waals surface area contributed by atoms with E-state index in [2.05, 4.69) is 0 Å². The highest BCUT2D eigenvalue weighted by molar-refractivity contribution is 7.09. The zero-order valence-corrected chi connectivity index (χ0v) is 68.2. The molecule has 0 aliphatic carbocycles. The molecule has 4 aliphatic heterocycles. The van der Waals surface area contributed by atoms with Gasteiger partial charge in [-0.25, -0.2) is 33.6 Å². The number of carbonyl (C=O) groups excluding carboxylic acids is 7. The van der Waals surface area contributed by atoms with Crippen LogP contribution in [0.2, 0.25) is 0 Å². The second-order valence-electron chi connectivity index (χ2n) is 29.0. The maximum atomic E-state index is 15.2. The fraction of sp³-hybridized carbons (Fsp3) is 0.396. The molecular formula is C91H100NO29P. The second-order valence-corrected chi connectivity index (χ2v) is 29.3. The van der Waals surface area contributed by atoms with Crippen molar-refractivity contribution < 1.29 is 139 Å². The number of rotatable bonds is 39. The molecular weight excluding hydrogens is 1600 g/mol. The average Bonchev–Trinajstić information content (AvgIpc) is 0.756. The van der Waals surface area contributed by atoms with Gasteiger partial charge >= 0.3 is 41.9 Å². The van der Waals surface area contributed by atoms with Gasteiger partial charge in [0.2, 0.25) is 0 Å². The quantitative estimate of drug-likeness (QED) is 0.0120. The molecule has 21 unspecified atom stereocenters. The fourth-order valence-electron chi connectivity index (χ4n) is 14.1. The van der Waals surface area contributed by atoms with Crippen LogP contribution in [0.4, 0.5) is 4.79 Å². The van der Waals surface area contributed by atoms with Crippen LogP contribution in [0.1, 0.15) is 113 Å². The van der Waals surface area contributed by atoms with E-state index in [0.717, 1.165) is 11.1 Å². The van der Waals surface area contributed by atoms with Crippen LogP contribution in [0, 0.1) is 0 Å². The van der Waals surface area contributed by atoms with Crippen LogP contribution in [0.15, 0.2) is 243 Å². The lowest BCUT2D eigenvalue weighted by Crippen LogP contribution is -2.69. The number of hydrogen-bond acceptors (Lipinski definition) is 29. The monoisotopic (exact) mass is 1700 g/mol. The molecule has 0 saturated carbocycles. The maximum absolute atomic E-state index is 15.2. The first-order valence-corrected chi connectivity index (χ1v) is 40.9. The molecule has 1 amide bonds. The van der Waals surface area contributed by atoms with E-state index in [0.29, 0.717) is 25.7 Å². The normalized spacial score (nSPS) is 26.3. The number of unbranched alkanes of at least 4 members (excludes halogenated alkanes) is 2. The van der Waals surface area contributed by atoms with Gasteiger partial charge in [-0.05, 0) is 96.8 Å². The molecule has 122 heavy (non-hydrogen) atoms. The van der Waals surface area contributed by atoms with E-state index in [1.165, 1.54) is 77.7 Å². The van der Waals surface area contributed by atoms with Crippen LogP contribution >= 0.6 is 9.47 Å². The number of esters is 6. The first-order valence-electron chi connectivity index (χ1n) is 40.4. The van der Waals surface area contributed by atoms with E-state index >= 15 is 19.2 Å². The van der Waals surface area contributed by atoms with E-state index in [9.17, 15) is 34.8 Å². The van der Waals surface area contributed by atoms with Crippen molar-refractivity contribution in [3.63, 3.8) is 0 Å². The number of aliphatic hydroxyl groups is 4. The molecule has 30 nitrogen and oxygen atoms in total. The lowest BCUT2D eigenvalue weighted by Gasteiger charge is -2.51. The van der Waals surface area contributed by atoms with E-state index in [4.69, 9.17) is 85.1 Å². The topological polar surface area (TPSA) is 370 Å². The summed E-state index contributed by atoms with van der Waals surface area (Å²) in [6.07, 6.45) is -36.0. The van der Waals surface area contributed by atoms with Gasteiger partial charge in [0.05, 0.1) is 66.4 Å². The Kier molecular flexibility index (Phi) is 34.5. The molecule has 0 radical (unpaired) electrons. The molecule has 8 aromatic carbocycles. The Balaban J connectivity index is 0.980. The molecule has 4 aliphatic rings. The standard InChI is InChI=1S/C91H100NO29P/c1-3-5-48-104-55-67-71(75(112-81(97)59-35-19-9-20-36-59)79(116-85(101)63-43-27-13-28-44-63)87(110-67)106-50-47-92(51-57-31-15-7-16-32-57)91(103)107-54-58-33-17-8-18-34-58)118-88-77(114-83(99)61-39-23-11-24-40-61)73(69(95)65(52-93)108-88)120-90-80(117-86(102)64-45-29-14-30-46-64)76(113-82(98)60-37-21-10-22-38-60)72(68(111-90)56-105-49-6-4-2)119-89-78(74(121-122)70(96)66(53-94)109-89)115-84(100)62-41-25-12-26-42-62/h7-46,65-80,87-90,93-96H,3-6,47-56,122H2,1-2H3. The Morgan fingerprint density at radius 1 is 0.352 bits per heavy atom. The van der Waals surface area contributed by atoms with Crippen molar-refractivity contribution in [2.75, 3.05) is 52.8 Å². The van der Waals surface area contributed by atoms with E-state index < -0.39 is 191 Å². The lowest BCUT2D eigenvalue weighted by molar-refractivity contribution is -0.387. The Morgan fingerprint density at radius 2 is 0.648 bits per heavy atom. The summed E-state index contributed by atoms with van der Waals surface area (Å²) in [6.45, 7) is 0.615. The van der Waals surface area contributed by atoms with Crippen LogP contribution in [-0.2, 0) is 98.2 Å². The molecule has 31 heteroatoms. The van der Waals surface area contributed by atoms with Crippen molar-refractivity contribution in [2.45, 2.75) is 176 Å². The number of nitrogens with zero attached hydrogens (tertiary/aromatic N) is 1. The number of carbonyl (C=O) groups is 7. The van der Waals surface area contributed by atoms with Gasteiger partial charge in [0.25, 0.3) is 0 Å². The van der Waals surface area contributed by atoms with E-state index in [-0.39, 0.29) is 72.9 Å². The van der Waals surface area contributed by atoms with Crippen molar-refractivity contribution in [1.82, 2.24) is 4.90 Å². The van der Waals surface area contributed by atoms with Gasteiger partial charge in [0.1, 0.15) is 67.6 Å². The molecule has 4 heterocycles. The third-order valence-corrected chi connectivity index (χ3v) is 20.8. The Labute approximate surface area is 707 Å². The molecule has 8 aromatic rings. The minimum Gasteiger partial charge on any atom is -0.452 e. The second kappa shape index (κ2) is 46.2. The van der Waals surface area contributed by atoms with Crippen LogP contribution in [0.5, 0.6) is 0 Å². The zero-order chi connectivity index (χ0) is 85.7. The highest BCUT2D eigenvalue weighted by Crippen LogP contribution is 2.41. The van der Waals surface area contributed by atoms with Gasteiger partial charge in [-0.3, -0.25) is 0 Å². The lowest BCUT2D eigenvalue weighted by atomic mass is 9.94. The van der Waals surface area contributed by atoms with Crippen LogP contribution in [0.25, 0.3) is 0 Å². The number of hydrogen-bond donors (Lipinski definition) is 4. The van der Waals surface area contributed by atoms with Crippen molar-refractivity contribution in [3.8, 4) is 0 Å². The summed E-state index contributed by atoms with van der Waals surface area (Å²) in [7, 11) is 2.00. The third kappa shape index (κ3) is 24.3. The number of amides is 1. The largest absolute Gasteiger partial charge is 0.452 e. The predicted octanol–water partition coefficient (Wildman–Crippen LogP) is 9.77. The van der Waals surface area contributed by atoms with Crippen molar-refractivity contribution in [3.05, 3.63) is 287 Å². The minimum atomic E-state index is -2.19. The first kappa shape index (κ1) is 90.9. The Morgan fingerprint density at radius 3 is 1.00 bits per heavy atom. The van der Waals surface area contributed by atoms with Gasteiger partial charge < -0.3 is 110 Å². The summed E-state index contributed by atoms with van der Waals surface area (Å²) in [5.74, 6) is -6.19. The third-order valence-electron chi connectivity index (χ3n) is 20.5. The molecule has 12 rings (SSSR count). The molecule has 0 aromatic heterocycles. The summed E-state index contributed by atoms with van der Waals surface area (Å²) in [5, 5.41) is 47.3. The fourth-order valence-corrected chi connectivity index (χ4v) is 14.4.